The molecule has 2 aromatic carbocycles. The van der Waals surface area contributed by atoms with E-state index in [2.05, 4.69) is 18.4 Å². The lowest BCUT2D eigenvalue weighted by Crippen LogP contribution is -2.52. The van der Waals surface area contributed by atoms with Gasteiger partial charge in [-0.15, -0.1) is 0 Å². The third kappa shape index (κ3) is 4.32. The fraction of sp³-hybridized carbons (Fsp3) is 0.500. The Kier molecular flexibility index (Phi) is 7.02. The number of hydrogen-bond acceptors (Lipinski definition) is 7. The molecule has 2 saturated heterocycles. The van der Waals surface area contributed by atoms with E-state index < -0.39 is 24.7 Å². The van der Waals surface area contributed by atoms with Gasteiger partial charge in [0, 0.05) is 35.8 Å². The lowest BCUT2D eigenvalue weighted by Gasteiger charge is -2.37. The van der Waals surface area contributed by atoms with Crippen molar-refractivity contribution in [1.29, 1.82) is 0 Å². The maximum absolute atomic E-state index is 13.7. The first-order valence-corrected chi connectivity index (χ1v) is 16.4. The lowest BCUT2D eigenvalue weighted by atomic mass is 9.82. The highest BCUT2D eigenvalue weighted by Gasteiger charge is 2.65. The van der Waals surface area contributed by atoms with Crippen LogP contribution in [0.4, 0.5) is 11.4 Å². The molecule has 3 aliphatic heterocycles. The Labute approximate surface area is 228 Å². The van der Waals surface area contributed by atoms with Gasteiger partial charge in [-0.2, -0.15) is 0 Å². The minimum Gasteiger partial charge on any atom is -0.497 e. The number of carbonyl (C=O) groups excluding carboxylic acids is 2. The average molecular weight is 554 g/mol. The molecule has 3 heterocycles. The number of likely N-dealkylation sites (tertiary alicyclic amines) is 1. The summed E-state index contributed by atoms with van der Waals surface area (Å²) in [5.41, 5.74) is -0.795. The third-order valence-corrected chi connectivity index (χ3v) is 13.4. The number of nitrogens with zero attached hydrogens (tertiary/aromatic N) is 2. The molecule has 5 rings (SSSR count). The monoisotopic (exact) mass is 553 g/mol. The number of anilines is 1. The minimum atomic E-state index is -2.43. The molecule has 2 amide bonds. The molecule has 0 bridgehead atoms. The van der Waals surface area contributed by atoms with Gasteiger partial charge in [0.25, 0.3) is 11.6 Å². The van der Waals surface area contributed by atoms with E-state index in [1.807, 2.05) is 31.2 Å². The van der Waals surface area contributed by atoms with Gasteiger partial charge in [-0.3, -0.25) is 19.7 Å². The number of amides is 2. The summed E-state index contributed by atoms with van der Waals surface area (Å²) < 4.78 is 12.1. The van der Waals surface area contributed by atoms with Gasteiger partial charge in [0.15, 0.2) is 5.60 Å². The lowest BCUT2D eigenvalue weighted by molar-refractivity contribution is -0.385. The fourth-order valence-electron chi connectivity index (χ4n) is 7.08. The second-order valence-electron chi connectivity index (χ2n) is 11.4. The highest BCUT2D eigenvalue weighted by Crippen LogP contribution is 2.59. The number of aliphatic hydroxyl groups excluding tert-OH is 1. The first-order valence-electron chi connectivity index (χ1n) is 13.4. The molecule has 2 fully saturated rings. The Hall–Kier alpha value is -3.28. The molecular weight excluding hydrogens is 518 g/mol. The maximum Gasteiger partial charge on any atom is 0.269 e. The van der Waals surface area contributed by atoms with Gasteiger partial charge < -0.3 is 24.8 Å². The molecule has 0 aromatic heterocycles. The summed E-state index contributed by atoms with van der Waals surface area (Å²) in [5.74, 6) is -0.0973. The molecule has 39 heavy (non-hydrogen) atoms. The Bertz CT molecular complexity index is 1300. The molecule has 0 saturated carbocycles. The van der Waals surface area contributed by atoms with E-state index in [4.69, 9.17) is 9.47 Å². The topological polar surface area (TPSA) is 131 Å². The predicted molar refractivity (Wildman–Crippen MR) is 148 cm³/mol. The van der Waals surface area contributed by atoms with Crippen molar-refractivity contribution in [2.75, 3.05) is 25.6 Å². The predicted octanol–water partition coefficient (Wildman–Crippen LogP) is 3.14. The van der Waals surface area contributed by atoms with Gasteiger partial charge in [0.2, 0.25) is 5.91 Å². The van der Waals surface area contributed by atoms with Crippen LogP contribution in [0.1, 0.15) is 31.7 Å². The zero-order valence-corrected chi connectivity index (χ0v) is 23.7. The number of hydrogen-bond donors (Lipinski definition) is 2. The normalized spacial score (nSPS) is 28.0. The summed E-state index contributed by atoms with van der Waals surface area (Å²) >= 11 is 0. The van der Waals surface area contributed by atoms with E-state index in [9.17, 15) is 24.8 Å². The van der Waals surface area contributed by atoms with Crippen LogP contribution in [0.5, 0.6) is 5.75 Å². The van der Waals surface area contributed by atoms with E-state index in [1.54, 1.807) is 18.1 Å². The number of carbonyl (C=O) groups is 2. The van der Waals surface area contributed by atoms with E-state index in [0.29, 0.717) is 17.8 Å². The number of rotatable bonds is 7. The van der Waals surface area contributed by atoms with Gasteiger partial charge >= 0.3 is 0 Å². The molecule has 0 aliphatic carbocycles. The largest absolute Gasteiger partial charge is 0.497 e. The fourth-order valence-corrected chi connectivity index (χ4v) is 11.1. The number of ether oxygens (including phenoxy) is 2. The summed E-state index contributed by atoms with van der Waals surface area (Å²) in [6.45, 7) is 6.88. The molecule has 2 aromatic rings. The van der Waals surface area contributed by atoms with Crippen molar-refractivity contribution in [3.63, 3.8) is 0 Å². The van der Waals surface area contributed by atoms with E-state index in [0.717, 1.165) is 23.8 Å². The van der Waals surface area contributed by atoms with Crippen molar-refractivity contribution >= 4 is 36.4 Å². The van der Waals surface area contributed by atoms with Crippen LogP contribution in [0.25, 0.3) is 0 Å². The quantitative estimate of drug-likeness (QED) is 0.306. The van der Waals surface area contributed by atoms with Crippen LogP contribution in [0.2, 0.25) is 18.6 Å². The van der Waals surface area contributed by atoms with Crippen molar-refractivity contribution < 1.29 is 29.1 Å². The number of nitro benzene ring substituents is 1. The first-order chi connectivity index (χ1) is 18.5. The number of aliphatic hydroxyl groups is 1. The van der Waals surface area contributed by atoms with Crippen molar-refractivity contribution in [2.45, 2.75) is 62.6 Å². The second-order valence-corrected chi connectivity index (χ2v) is 16.1. The SMILES string of the molecule is COc1ccc([Si](C)(C)[C@@H]2[C@@H](CC(=O)N3CCC[C@H]3CO)O[C@]3(C(=O)Nc4ccc([N+](=O)[O-])cc43)[C@H]2C)cc1. The second kappa shape index (κ2) is 10.0. The third-order valence-electron chi connectivity index (χ3n) is 9.07. The summed E-state index contributed by atoms with van der Waals surface area (Å²) in [7, 11) is -0.820. The Balaban J connectivity index is 1.59. The van der Waals surface area contributed by atoms with Crippen LogP contribution in [-0.2, 0) is 19.9 Å². The number of nitro groups is 1. The molecule has 0 radical (unpaired) electrons. The maximum atomic E-state index is 13.7. The average Bonchev–Trinajstić information content (AvgIpc) is 3.59. The van der Waals surface area contributed by atoms with Crippen LogP contribution in [0.3, 0.4) is 0 Å². The first kappa shape index (κ1) is 27.3. The molecular formula is C28H35N3O7Si. The van der Waals surface area contributed by atoms with Crippen LogP contribution in [0, 0.1) is 16.0 Å². The van der Waals surface area contributed by atoms with Crippen LogP contribution >= 0.6 is 0 Å². The number of methoxy groups -OCH3 is 1. The highest BCUT2D eigenvalue weighted by molar-refractivity contribution is 6.91. The summed E-state index contributed by atoms with van der Waals surface area (Å²) in [5, 5.41) is 25.4. The van der Waals surface area contributed by atoms with Crippen LogP contribution in [0.15, 0.2) is 42.5 Å². The van der Waals surface area contributed by atoms with Gasteiger partial charge in [-0.25, -0.2) is 0 Å². The molecule has 5 atom stereocenters. The smallest absolute Gasteiger partial charge is 0.269 e. The molecule has 1 spiro atoms. The Morgan fingerprint density at radius 3 is 2.64 bits per heavy atom. The standard InChI is InChI=1S/C28H35N3O7Si/c1-17-26(39(3,4)21-10-8-20(37-2)9-11-21)24(15-25(33)30-13-5-6-19(30)16-32)38-28(17)22-14-18(31(35)36)7-12-23(22)29-27(28)34/h7-12,14,17,19,24,26,32H,5-6,13,15-16H2,1-4H3,(H,29,34)/t17-,19-,24+,26-,28+/m0/s1. The van der Waals surface area contributed by atoms with E-state index in [-0.39, 0.29) is 48.0 Å². The number of benzene rings is 2. The van der Waals surface area contributed by atoms with Gasteiger partial charge in [-0.05, 0) is 36.6 Å². The number of fused-ring (bicyclic) bond motifs is 2. The Morgan fingerprint density at radius 2 is 2.00 bits per heavy atom. The van der Waals surface area contributed by atoms with Crippen LogP contribution in [-0.4, -0.2) is 67.2 Å². The highest BCUT2D eigenvalue weighted by atomic mass is 28.3. The van der Waals surface area contributed by atoms with Crippen molar-refractivity contribution in [1.82, 2.24) is 4.90 Å². The number of nitrogens with one attached hydrogen (secondary N) is 1. The van der Waals surface area contributed by atoms with Crippen molar-refractivity contribution in [2.24, 2.45) is 5.92 Å². The van der Waals surface area contributed by atoms with Gasteiger partial charge in [-0.1, -0.05) is 37.3 Å². The molecule has 0 unspecified atom stereocenters. The molecule has 208 valence electrons. The minimum absolute atomic E-state index is 0.0668. The molecule has 10 nitrogen and oxygen atoms in total. The zero-order valence-electron chi connectivity index (χ0n) is 22.7. The summed E-state index contributed by atoms with van der Waals surface area (Å²) in [6.07, 6.45) is 1.06. The van der Waals surface area contributed by atoms with Crippen molar-refractivity contribution in [3.05, 3.63) is 58.1 Å². The summed E-state index contributed by atoms with van der Waals surface area (Å²) in [6, 6.07) is 12.0. The van der Waals surface area contributed by atoms with Crippen LogP contribution < -0.4 is 15.2 Å². The molecule has 3 aliphatic rings. The molecule has 11 heteroatoms. The van der Waals surface area contributed by atoms with Gasteiger partial charge in [0.05, 0.1) is 45.3 Å². The zero-order chi connectivity index (χ0) is 28.1. The van der Waals surface area contributed by atoms with E-state index in [1.165, 1.54) is 12.1 Å². The van der Waals surface area contributed by atoms with E-state index >= 15 is 0 Å². The van der Waals surface area contributed by atoms with Gasteiger partial charge in [0.1, 0.15) is 5.75 Å². The molecule has 2 N–H and O–H groups in total. The Morgan fingerprint density at radius 1 is 1.28 bits per heavy atom. The number of non-ortho nitro benzene ring substituents is 1. The van der Waals surface area contributed by atoms with Crippen molar-refractivity contribution in [3.8, 4) is 5.75 Å². The summed E-state index contributed by atoms with van der Waals surface area (Å²) in [4.78, 5) is 40.2.